The van der Waals surface area contributed by atoms with E-state index in [9.17, 15) is 0 Å². The summed E-state index contributed by atoms with van der Waals surface area (Å²) in [6.07, 6.45) is 1.03. The molecule has 1 aliphatic heterocycles. The van der Waals surface area contributed by atoms with Crippen LogP contribution in [-0.2, 0) is 0 Å². The number of thiophene rings is 1. The summed E-state index contributed by atoms with van der Waals surface area (Å²) >= 11 is 1.80. The fourth-order valence-electron chi connectivity index (χ4n) is 3.08. The number of nitrogens with zero attached hydrogens (tertiary/aromatic N) is 2. The van der Waals surface area contributed by atoms with Crippen LogP contribution in [0.4, 0.5) is 0 Å². The molecule has 3 nitrogen and oxygen atoms in total. The van der Waals surface area contributed by atoms with Crippen molar-refractivity contribution in [2.24, 2.45) is 5.73 Å². The number of hydrogen-bond acceptors (Lipinski definition) is 4. The summed E-state index contributed by atoms with van der Waals surface area (Å²) in [6, 6.07) is 9.34. The third kappa shape index (κ3) is 2.74. The van der Waals surface area contributed by atoms with Gasteiger partial charge in [-0.25, -0.2) is 0 Å². The standard InChI is InChI=1S/C16H23N3S/c1-18-7-8-19(2)13(11-18)10-15(17)14-5-3-4-12-6-9-20-16(12)14/h3-6,9,13,15H,7-8,10-11,17H2,1-2H3. The first-order valence-corrected chi connectivity index (χ1v) is 8.13. The van der Waals surface area contributed by atoms with E-state index in [0.29, 0.717) is 6.04 Å². The van der Waals surface area contributed by atoms with Gasteiger partial charge in [0.05, 0.1) is 0 Å². The zero-order valence-corrected chi connectivity index (χ0v) is 13.1. The molecule has 1 aromatic heterocycles. The van der Waals surface area contributed by atoms with Crippen LogP contribution in [0, 0.1) is 0 Å². The van der Waals surface area contributed by atoms with Crippen LogP contribution in [0.5, 0.6) is 0 Å². The molecule has 3 rings (SSSR count). The lowest BCUT2D eigenvalue weighted by Gasteiger charge is -2.38. The monoisotopic (exact) mass is 289 g/mol. The minimum absolute atomic E-state index is 0.122. The van der Waals surface area contributed by atoms with Gasteiger partial charge in [0, 0.05) is 36.4 Å². The molecule has 0 saturated carbocycles. The summed E-state index contributed by atoms with van der Waals surface area (Å²) in [6.45, 7) is 3.41. The molecular weight excluding hydrogens is 266 g/mol. The van der Waals surface area contributed by atoms with Crippen molar-refractivity contribution in [1.29, 1.82) is 0 Å². The maximum absolute atomic E-state index is 6.52. The molecule has 0 amide bonds. The SMILES string of the molecule is CN1CCN(C)C(CC(N)c2cccc3ccsc23)C1. The van der Waals surface area contributed by atoms with Gasteiger partial charge in [-0.1, -0.05) is 18.2 Å². The van der Waals surface area contributed by atoms with Gasteiger partial charge in [-0.2, -0.15) is 0 Å². The molecule has 0 radical (unpaired) electrons. The number of fused-ring (bicyclic) bond motifs is 1. The Morgan fingerprint density at radius 2 is 2.15 bits per heavy atom. The van der Waals surface area contributed by atoms with E-state index in [0.717, 1.165) is 26.1 Å². The van der Waals surface area contributed by atoms with Crippen molar-refractivity contribution in [1.82, 2.24) is 9.80 Å². The second kappa shape index (κ2) is 5.82. The van der Waals surface area contributed by atoms with Crippen molar-refractivity contribution in [2.45, 2.75) is 18.5 Å². The highest BCUT2D eigenvalue weighted by molar-refractivity contribution is 7.17. The molecule has 20 heavy (non-hydrogen) atoms. The van der Waals surface area contributed by atoms with E-state index in [1.54, 1.807) is 11.3 Å². The third-order valence-electron chi connectivity index (χ3n) is 4.42. The van der Waals surface area contributed by atoms with Crippen LogP contribution in [0.1, 0.15) is 18.0 Å². The fraction of sp³-hybridized carbons (Fsp3) is 0.500. The van der Waals surface area contributed by atoms with E-state index in [2.05, 4.69) is 53.5 Å². The third-order valence-corrected chi connectivity index (χ3v) is 5.39. The van der Waals surface area contributed by atoms with Gasteiger partial charge in [-0.05, 0) is 42.9 Å². The predicted molar refractivity (Wildman–Crippen MR) is 87.3 cm³/mol. The van der Waals surface area contributed by atoms with E-state index >= 15 is 0 Å². The quantitative estimate of drug-likeness (QED) is 0.942. The van der Waals surface area contributed by atoms with Crippen molar-refractivity contribution in [3.8, 4) is 0 Å². The average Bonchev–Trinajstić information content (AvgIpc) is 2.91. The first kappa shape index (κ1) is 14.0. The van der Waals surface area contributed by atoms with E-state index in [-0.39, 0.29) is 6.04 Å². The lowest BCUT2D eigenvalue weighted by Crippen LogP contribution is -2.50. The molecule has 108 valence electrons. The van der Waals surface area contributed by atoms with Crippen molar-refractivity contribution >= 4 is 21.4 Å². The number of rotatable bonds is 3. The molecule has 2 unspecified atom stereocenters. The summed E-state index contributed by atoms with van der Waals surface area (Å²) in [7, 11) is 4.42. The summed E-state index contributed by atoms with van der Waals surface area (Å²) in [4.78, 5) is 4.86. The lowest BCUT2D eigenvalue weighted by molar-refractivity contribution is 0.104. The topological polar surface area (TPSA) is 32.5 Å². The molecule has 2 heterocycles. The second-order valence-corrected chi connectivity index (χ2v) is 6.84. The molecule has 0 bridgehead atoms. The molecule has 0 spiro atoms. The molecule has 1 aromatic carbocycles. The summed E-state index contributed by atoms with van der Waals surface area (Å²) < 4.78 is 1.35. The van der Waals surface area contributed by atoms with E-state index < -0.39 is 0 Å². The maximum atomic E-state index is 6.52. The first-order chi connectivity index (χ1) is 9.65. The Morgan fingerprint density at radius 1 is 1.30 bits per heavy atom. The Morgan fingerprint density at radius 3 is 3.00 bits per heavy atom. The predicted octanol–water partition coefficient (Wildman–Crippen LogP) is 2.54. The Balaban J connectivity index is 1.78. The van der Waals surface area contributed by atoms with Crippen LogP contribution >= 0.6 is 11.3 Å². The van der Waals surface area contributed by atoms with Crippen LogP contribution in [0.2, 0.25) is 0 Å². The number of hydrogen-bond donors (Lipinski definition) is 1. The smallest absolute Gasteiger partial charge is 0.0390 e. The Kier molecular flexibility index (Phi) is 4.08. The molecule has 1 saturated heterocycles. The highest BCUT2D eigenvalue weighted by atomic mass is 32.1. The van der Waals surface area contributed by atoms with E-state index in [1.165, 1.54) is 15.6 Å². The van der Waals surface area contributed by atoms with E-state index in [1.807, 2.05) is 0 Å². The van der Waals surface area contributed by atoms with Crippen molar-refractivity contribution in [2.75, 3.05) is 33.7 Å². The van der Waals surface area contributed by atoms with Gasteiger partial charge in [0.1, 0.15) is 0 Å². The lowest BCUT2D eigenvalue weighted by atomic mass is 9.97. The van der Waals surface area contributed by atoms with Crippen LogP contribution in [-0.4, -0.2) is 49.6 Å². The number of nitrogens with two attached hydrogens (primary N) is 1. The molecule has 4 heteroatoms. The molecule has 2 N–H and O–H groups in total. The number of piperazine rings is 1. The molecule has 0 aliphatic carbocycles. The summed E-state index contributed by atoms with van der Waals surface area (Å²) in [5, 5.41) is 3.47. The van der Waals surface area contributed by atoms with Crippen LogP contribution in [0.3, 0.4) is 0 Å². The van der Waals surface area contributed by atoms with Crippen molar-refractivity contribution in [3.05, 3.63) is 35.2 Å². The van der Waals surface area contributed by atoms with Crippen LogP contribution in [0.15, 0.2) is 29.6 Å². The van der Waals surface area contributed by atoms with Crippen LogP contribution in [0.25, 0.3) is 10.1 Å². The Hall–Kier alpha value is -0.940. The van der Waals surface area contributed by atoms with Gasteiger partial charge < -0.3 is 15.5 Å². The molecule has 1 fully saturated rings. The largest absolute Gasteiger partial charge is 0.324 e. The highest BCUT2D eigenvalue weighted by Crippen LogP contribution is 2.30. The maximum Gasteiger partial charge on any atom is 0.0390 e. The zero-order chi connectivity index (χ0) is 14.1. The minimum atomic E-state index is 0.122. The molecule has 2 aromatic rings. The normalized spacial score (nSPS) is 23.2. The number of likely N-dealkylation sites (N-methyl/N-ethyl adjacent to an activating group) is 2. The van der Waals surface area contributed by atoms with Gasteiger partial charge in [0.25, 0.3) is 0 Å². The zero-order valence-electron chi connectivity index (χ0n) is 12.2. The first-order valence-electron chi connectivity index (χ1n) is 7.25. The fourth-order valence-corrected chi connectivity index (χ4v) is 4.06. The number of benzene rings is 1. The van der Waals surface area contributed by atoms with Gasteiger partial charge in [-0.15, -0.1) is 11.3 Å². The van der Waals surface area contributed by atoms with Gasteiger partial charge in [0.2, 0.25) is 0 Å². The molecular formula is C16H23N3S. The molecule has 1 aliphatic rings. The minimum Gasteiger partial charge on any atom is -0.324 e. The Labute approximate surface area is 125 Å². The van der Waals surface area contributed by atoms with Gasteiger partial charge in [-0.3, -0.25) is 0 Å². The summed E-state index contributed by atoms with van der Waals surface area (Å²) in [5.41, 5.74) is 7.83. The van der Waals surface area contributed by atoms with E-state index in [4.69, 9.17) is 5.73 Å². The Bertz CT molecular complexity index is 580. The summed E-state index contributed by atoms with van der Waals surface area (Å²) in [5.74, 6) is 0. The van der Waals surface area contributed by atoms with Gasteiger partial charge in [0.15, 0.2) is 0 Å². The van der Waals surface area contributed by atoms with Crippen molar-refractivity contribution < 1.29 is 0 Å². The van der Waals surface area contributed by atoms with Crippen LogP contribution < -0.4 is 5.73 Å². The van der Waals surface area contributed by atoms with Crippen molar-refractivity contribution in [3.63, 3.8) is 0 Å². The average molecular weight is 289 g/mol. The molecule has 2 atom stereocenters. The second-order valence-electron chi connectivity index (χ2n) is 5.93. The highest BCUT2D eigenvalue weighted by Gasteiger charge is 2.25. The van der Waals surface area contributed by atoms with Gasteiger partial charge >= 0.3 is 0 Å².